The van der Waals surface area contributed by atoms with Gasteiger partial charge in [-0.1, -0.05) is 48.5 Å². The van der Waals surface area contributed by atoms with Crippen molar-refractivity contribution in [2.24, 2.45) is 5.10 Å². The highest BCUT2D eigenvalue weighted by atomic mass is 79.9. The summed E-state index contributed by atoms with van der Waals surface area (Å²) in [5.41, 5.74) is 3.80. The van der Waals surface area contributed by atoms with Crippen molar-refractivity contribution in [3.63, 3.8) is 0 Å². The van der Waals surface area contributed by atoms with E-state index < -0.39 is 0 Å². The summed E-state index contributed by atoms with van der Waals surface area (Å²) in [4.78, 5) is 13.0. The molecule has 0 unspecified atom stereocenters. The Hall–Kier alpha value is -3.38. The first-order valence-electron chi connectivity index (χ1n) is 9.78. The summed E-state index contributed by atoms with van der Waals surface area (Å²) in [6.45, 7) is 2.25. The first kappa shape index (κ1) is 20.9. The van der Waals surface area contributed by atoms with Crippen LogP contribution in [0.2, 0.25) is 0 Å². The van der Waals surface area contributed by atoms with Gasteiger partial charge in [-0.2, -0.15) is 10.1 Å². The van der Waals surface area contributed by atoms with Gasteiger partial charge in [-0.25, -0.2) is 0 Å². The number of hydrazone groups is 1. The summed E-state index contributed by atoms with van der Waals surface area (Å²) < 4.78 is 12.3. The number of para-hydroxylation sites is 1. The molecule has 6 heteroatoms. The smallest absolute Gasteiger partial charge is 0.280 e. The van der Waals surface area contributed by atoms with Gasteiger partial charge in [0.2, 0.25) is 0 Å². The topological polar surface area (TPSA) is 51.1 Å². The first-order chi connectivity index (χ1) is 15.1. The third-order valence-corrected chi connectivity index (χ3v) is 5.44. The van der Waals surface area contributed by atoms with Crippen LogP contribution in [0.4, 0.5) is 5.69 Å². The van der Waals surface area contributed by atoms with E-state index >= 15 is 0 Å². The normalized spacial score (nSPS) is 14.7. The van der Waals surface area contributed by atoms with Crippen LogP contribution in [-0.2, 0) is 11.4 Å². The molecule has 156 valence electrons. The van der Waals surface area contributed by atoms with Crippen molar-refractivity contribution in [3.05, 3.63) is 94.0 Å². The van der Waals surface area contributed by atoms with Crippen LogP contribution in [0.1, 0.15) is 18.1 Å². The van der Waals surface area contributed by atoms with Crippen LogP contribution in [0.5, 0.6) is 11.5 Å². The largest absolute Gasteiger partial charge is 0.493 e. The van der Waals surface area contributed by atoms with Gasteiger partial charge < -0.3 is 9.47 Å². The number of carbonyl (C=O) groups is 1. The van der Waals surface area contributed by atoms with Gasteiger partial charge in [0.15, 0.2) is 11.5 Å². The van der Waals surface area contributed by atoms with Crippen molar-refractivity contribution >= 4 is 39.3 Å². The highest BCUT2D eigenvalue weighted by molar-refractivity contribution is 9.10. The van der Waals surface area contributed by atoms with Crippen LogP contribution in [0, 0.1) is 0 Å². The zero-order valence-electron chi connectivity index (χ0n) is 17.2. The number of ether oxygens (including phenoxy) is 2. The lowest BCUT2D eigenvalue weighted by Gasteiger charge is -2.14. The molecule has 1 aliphatic rings. The van der Waals surface area contributed by atoms with Crippen LogP contribution >= 0.6 is 15.9 Å². The molecule has 0 saturated carbocycles. The molecular weight excluding hydrogens is 456 g/mol. The number of benzene rings is 3. The number of carbonyl (C=O) groups excluding carboxylic acids is 1. The molecule has 1 heterocycles. The highest BCUT2D eigenvalue weighted by Crippen LogP contribution is 2.38. The van der Waals surface area contributed by atoms with E-state index in [1.165, 1.54) is 5.01 Å². The van der Waals surface area contributed by atoms with Crippen molar-refractivity contribution in [1.29, 1.82) is 0 Å². The number of hydrogen-bond acceptors (Lipinski definition) is 4. The number of amides is 1. The third kappa shape index (κ3) is 4.54. The lowest BCUT2D eigenvalue weighted by Crippen LogP contribution is -2.21. The fourth-order valence-corrected chi connectivity index (χ4v) is 3.86. The van der Waals surface area contributed by atoms with E-state index in [9.17, 15) is 4.79 Å². The monoisotopic (exact) mass is 476 g/mol. The molecular formula is C25H21BrN2O3. The molecule has 1 aliphatic heterocycles. The molecule has 31 heavy (non-hydrogen) atoms. The SMILES string of the molecule is COc1cc(/C=C2/C(=O)N(c3ccccc3)N=C2C)cc(Br)c1OCc1ccccc1. The van der Waals surface area contributed by atoms with Crippen LogP contribution in [0.15, 0.2) is 87.9 Å². The molecule has 0 fully saturated rings. The zero-order valence-corrected chi connectivity index (χ0v) is 18.8. The minimum atomic E-state index is -0.164. The van der Waals surface area contributed by atoms with Crippen molar-refractivity contribution in [2.45, 2.75) is 13.5 Å². The molecule has 4 rings (SSSR count). The summed E-state index contributed by atoms with van der Waals surface area (Å²) in [6.07, 6.45) is 1.82. The molecule has 0 aromatic heterocycles. The van der Waals surface area contributed by atoms with Crippen LogP contribution in [0.3, 0.4) is 0 Å². The number of hydrogen-bond donors (Lipinski definition) is 0. The highest BCUT2D eigenvalue weighted by Gasteiger charge is 2.28. The second-order valence-corrected chi connectivity index (χ2v) is 7.86. The lowest BCUT2D eigenvalue weighted by atomic mass is 10.1. The second kappa shape index (κ2) is 9.18. The quantitative estimate of drug-likeness (QED) is 0.419. The van der Waals surface area contributed by atoms with E-state index in [-0.39, 0.29) is 5.91 Å². The Morgan fingerprint density at radius 1 is 1.03 bits per heavy atom. The standard InChI is InChI=1S/C25H21BrN2O3/c1-17-21(25(29)28(27-17)20-11-7-4-8-12-20)13-19-14-22(26)24(23(15-19)30-2)31-16-18-9-5-3-6-10-18/h3-15H,16H2,1-2H3/b21-13+. The number of rotatable bonds is 6. The van der Waals surface area contributed by atoms with Crippen LogP contribution < -0.4 is 14.5 Å². The number of methoxy groups -OCH3 is 1. The fraction of sp³-hybridized carbons (Fsp3) is 0.120. The van der Waals surface area contributed by atoms with Gasteiger partial charge in [-0.15, -0.1) is 0 Å². The van der Waals surface area contributed by atoms with Crippen molar-refractivity contribution in [3.8, 4) is 11.5 Å². The summed E-state index contributed by atoms with van der Waals surface area (Å²) in [7, 11) is 1.60. The lowest BCUT2D eigenvalue weighted by molar-refractivity contribution is -0.114. The van der Waals surface area contributed by atoms with Gasteiger partial charge >= 0.3 is 0 Å². The van der Waals surface area contributed by atoms with E-state index in [0.29, 0.717) is 29.4 Å². The average Bonchev–Trinajstić information content (AvgIpc) is 3.07. The zero-order chi connectivity index (χ0) is 21.8. The molecule has 1 amide bonds. The van der Waals surface area contributed by atoms with Gasteiger partial charge in [-0.05, 0) is 64.3 Å². The Bertz CT molecular complexity index is 1160. The van der Waals surface area contributed by atoms with Crippen molar-refractivity contribution in [1.82, 2.24) is 0 Å². The summed E-state index contributed by atoms with van der Waals surface area (Å²) in [5.74, 6) is 1.03. The van der Waals surface area contributed by atoms with Gasteiger partial charge in [-0.3, -0.25) is 4.79 Å². The maximum Gasteiger partial charge on any atom is 0.280 e. The Kier molecular flexibility index (Phi) is 6.18. The van der Waals surface area contributed by atoms with E-state index in [4.69, 9.17) is 9.47 Å². The molecule has 0 atom stereocenters. The molecule has 0 spiro atoms. The minimum Gasteiger partial charge on any atom is -0.493 e. The molecule has 3 aromatic rings. The van der Waals surface area contributed by atoms with E-state index in [2.05, 4.69) is 21.0 Å². The second-order valence-electron chi connectivity index (χ2n) is 7.00. The number of nitrogens with zero attached hydrogens (tertiary/aromatic N) is 2. The van der Waals surface area contributed by atoms with Crippen molar-refractivity contribution in [2.75, 3.05) is 12.1 Å². The van der Waals surface area contributed by atoms with Crippen LogP contribution in [-0.4, -0.2) is 18.7 Å². The molecule has 0 N–H and O–H groups in total. The van der Waals surface area contributed by atoms with Gasteiger partial charge in [0.05, 0.1) is 28.6 Å². The Morgan fingerprint density at radius 3 is 2.39 bits per heavy atom. The average molecular weight is 477 g/mol. The fourth-order valence-electron chi connectivity index (χ4n) is 3.29. The first-order valence-corrected chi connectivity index (χ1v) is 10.6. The molecule has 0 radical (unpaired) electrons. The predicted octanol–water partition coefficient (Wildman–Crippen LogP) is 5.84. The summed E-state index contributed by atoms with van der Waals surface area (Å²) >= 11 is 3.58. The van der Waals surface area contributed by atoms with Gasteiger partial charge in [0.25, 0.3) is 5.91 Å². The Morgan fingerprint density at radius 2 is 1.71 bits per heavy atom. The van der Waals surface area contributed by atoms with E-state index in [1.807, 2.05) is 85.8 Å². The molecule has 0 bridgehead atoms. The van der Waals surface area contributed by atoms with Gasteiger partial charge in [0, 0.05) is 0 Å². The van der Waals surface area contributed by atoms with Crippen molar-refractivity contribution < 1.29 is 14.3 Å². The van der Waals surface area contributed by atoms with E-state index in [1.54, 1.807) is 7.11 Å². The summed E-state index contributed by atoms with van der Waals surface area (Å²) in [6, 6.07) is 23.1. The van der Waals surface area contributed by atoms with Crippen LogP contribution in [0.25, 0.3) is 6.08 Å². The maximum atomic E-state index is 13.0. The molecule has 5 nitrogen and oxygen atoms in total. The predicted molar refractivity (Wildman–Crippen MR) is 126 cm³/mol. The Balaban J connectivity index is 1.60. The third-order valence-electron chi connectivity index (χ3n) is 4.85. The molecule has 3 aromatic carbocycles. The molecule has 0 saturated heterocycles. The minimum absolute atomic E-state index is 0.164. The van der Waals surface area contributed by atoms with Gasteiger partial charge in [0.1, 0.15) is 6.61 Å². The number of anilines is 1. The summed E-state index contributed by atoms with van der Waals surface area (Å²) in [5, 5.41) is 5.85. The van der Waals surface area contributed by atoms with E-state index in [0.717, 1.165) is 21.3 Å². The number of halogens is 1. The molecule has 0 aliphatic carbocycles. The Labute approximate surface area is 189 Å². The maximum absolute atomic E-state index is 13.0.